The maximum absolute atomic E-state index is 12.6. The second-order valence-electron chi connectivity index (χ2n) is 5.29. The molecule has 2 aliphatic rings. The summed E-state index contributed by atoms with van der Waals surface area (Å²) in [6.45, 7) is 3.09. The lowest BCUT2D eigenvalue weighted by Crippen LogP contribution is -2.45. The highest BCUT2D eigenvalue weighted by Gasteiger charge is 2.44. The highest BCUT2D eigenvalue weighted by molar-refractivity contribution is 6.18. The lowest BCUT2D eigenvalue weighted by molar-refractivity contribution is -0.142. The van der Waals surface area contributed by atoms with Crippen molar-refractivity contribution in [1.29, 1.82) is 0 Å². The Labute approximate surface area is 103 Å². The number of likely N-dealkylation sites (tertiary alicyclic amines) is 1. The lowest BCUT2D eigenvalue weighted by Gasteiger charge is -2.34. The van der Waals surface area contributed by atoms with Crippen LogP contribution in [0.5, 0.6) is 0 Å². The van der Waals surface area contributed by atoms with Crippen LogP contribution in [0.1, 0.15) is 51.9 Å². The zero-order chi connectivity index (χ0) is 11.6. The second-order valence-corrected chi connectivity index (χ2v) is 5.60. The molecule has 0 aromatic heterocycles. The molecule has 0 N–H and O–H groups in total. The van der Waals surface area contributed by atoms with E-state index < -0.39 is 0 Å². The molecule has 16 heavy (non-hydrogen) atoms. The summed E-state index contributed by atoms with van der Waals surface area (Å²) in [5.74, 6) is 1.00. The molecule has 0 radical (unpaired) electrons. The van der Waals surface area contributed by atoms with Gasteiger partial charge in [-0.05, 0) is 32.1 Å². The van der Waals surface area contributed by atoms with Gasteiger partial charge in [0.25, 0.3) is 0 Å². The van der Waals surface area contributed by atoms with Gasteiger partial charge in [-0.2, -0.15) is 0 Å². The summed E-state index contributed by atoms with van der Waals surface area (Å²) in [4.78, 5) is 14.7. The van der Waals surface area contributed by atoms with E-state index in [1.807, 2.05) is 0 Å². The molecule has 3 heteroatoms. The number of nitrogens with zero attached hydrogens (tertiary/aromatic N) is 1. The highest BCUT2D eigenvalue weighted by atomic mass is 35.5. The largest absolute Gasteiger partial charge is 0.338 e. The van der Waals surface area contributed by atoms with Crippen molar-refractivity contribution in [2.45, 2.75) is 57.9 Å². The van der Waals surface area contributed by atoms with Crippen molar-refractivity contribution in [3.05, 3.63) is 0 Å². The van der Waals surface area contributed by atoms with Gasteiger partial charge in [0, 0.05) is 23.9 Å². The Morgan fingerprint density at radius 1 is 1.38 bits per heavy atom. The summed E-state index contributed by atoms with van der Waals surface area (Å²) in [6, 6.07) is 0.304. The van der Waals surface area contributed by atoms with Crippen LogP contribution in [0.25, 0.3) is 0 Å². The number of hydrogen-bond donors (Lipinski definition) is 0. The molecule has 1 saturated heterocycles. The first kappa shape index (κ1) is 12.2. The maximum Gasteiger partial charge on any atom is 0.229 e. The van der Waals surface area contributed by atoms with E-state index in [0.29, 0.717) is 17.8 Å². The van der Waals surface area contributed by atoms with Crippen molar-refractivity contribution in [2.24, 2.45) is 5.41 Å². The first-order valence-corrected chi connectivity index (χ1v) is 7.14. The normalized spacial score (nSPS) is 28.6. The Morgan fingerprint density at radius 2 is 2.06 bits per heavy atom. The number of alkyl halides is 1. The SMILES string of the molecule is CCC1(C(=O)N2CCCC2CCl)CCCC1. The Kier molecular flexibility index (Phi) is 3.78. The molecule has 0 aromatic rings. The van der Waals surface area contributed by atoms with Gasteiger partial charge in [0.15, 0.2) is 0 Å². The van der Waals surface area contributed by atoms with E-state index in [2.05, 4.69) is 11.8 Å². The summed E-state index contributed by atoms with van der Waals surface area (Å²) < 4.78 is 0. The standard InChI is InChI=1S/C13H22ClNO/c1-2-13(7-3-4-8-13)12(16)15-9-5-6-11(15)10-14/h11H,2-10H2,1H3. The Hall–Kier alpha value is -0.240. The van der Waals surface area contributed by atoms with E-state index >= 15 is 0 Å². The minimum absolute atomic E-state index is 0.0331. The van der Waals surface area contributed by atoms with E-state index in [-0.39, 0.29) is 5.41 Å². The van der Waals surface area contributed by atoms with Crippen LogP contribution in [0, 0.1) is 5.41 Å². The first-order chi connectivity index (χ1) is 7.73. The molecule has 1 heterocycles. The quantitative estimate of drug-likeness (QED) is 0.698. The van der Waals surface area contributed by atoms with Crippen LogP contribution in [0.3, 0.4) is 0 Å². The summed E-state index contributed by atoms with van der Waals surface area (Å²) in [5, 5.41) is 0. The van der Waals surface area contributed by atoms with Crippen LogP contribution in [0.4, 0.5) is 0 Å². The Morgan fingerprint density at radius 3 is 2.62 bits per heavy atom. The summed E-state index contributed by atoms with van der Waals surface area (Å²) in [5.41, 5.74) is -0.0331. The minimum Gasteiger partial charge on any atom is -0.338 e. The molecule has 0 bridgehead atoms. The Bertz CT molecular complexity index is 261. The fourth-order valence-corrected chi connectivity index (χ4v) is 3.66. The Balaban J connectivity index is 2.10. The van der Waals surface area contributed by atoms with Crippen LogP contribution >= 0.6 is 11.6 Å². The number of carbonyl (C=O) groups is 1. The van der Waals surface area contributed by atoms with Crippen LogP contribution in [0.2, 0.25) is 0 Å². The van der Waals surface area contributed by atoms with Crippen LogP contribution < -0.4 is 0 Å². The fourth-order valence-electron chi connectivity index (χ4n) is 3.34. The summed E-state index contributed by atoms with van der Waals surface area (Å²) in [6.07, 6.45) is 7.84. The molecule has 1 aliphatic carbocycles. The average molecular weight is 244 g/mol. The maximum atomic E-state index is 12.6. The fraction of sp³-hybridized carbons (Fsp3) is 0.923. The zero-order valence-corrected chi connectivity index (χ0v) is 10.9. The van der Waals surface area contributed by atoms with E-state index in [1.54, 1.807) is 0 Å². The van der Waals surface area contributed by atoms with Gasteiger partial charge >= 0.3 is 0 Å². The molecule has 1 amide bonds. The number of amides is 1. The van der Waals surface area contributed by atoms with Crippen molar-refractivity contribution in [1.82, 2.24) is 4.90 Å². The van der Waals surface area contributed by atoms with Crippen LogP contribution in [-0.2, 0) is 4.79 Å². The predicted octanol–water partition coefficient (Wildman–Crippen LogP) is 3.19. The summed E-state index contributed by atoms with van der Waals surface area (Å²) >= 11 is 5.95. The van der Waals surface area contributed by atoms with Gasteiger partial charge in [-0.15, -0.1) is 11.6 Å². The molecule has 1 atom stereocenters. The molecule has 1 aliphatic heterocycles. The molecular formula is C13H22ClNO. The molecule has 1 saturated carbocycles. The van der Waals surface area contributed by atoms with Gasteiger partial charge in [-0.25, -0.2) is 0 Å². The van der Waals surface area contributed by atoms with Gasteiger partial charge in [0.1, 0.15) is 0 Å². The zero-order valence-electron chi connectivity index (χ0n) is 10.2. The molecule has 92 valence electrons. The van der Waals surface area contributed by atoms with Crippen molar-refractivity contribution in [3.8, 4) is 0 Å². The summed E-state index contributed by atoms with van der Waals surface area (Å²) in [7, 11) is 0. The van der Waals surface area contributed by atoms with E-state index in [9.17, 15) is 4.79 Å². The topological polar surface area (TPSA) is 20.3 Å². The van der Waals surface area contributed by atoms with E-state index in [1.165, 1.54) is 12.8 Å². The van der Waals surface area contributed by atoms with Crippen molar-refractivity contribution < 1.29 is 4.79 Å². The average Bonchev–Trinajstić information content (AvgIpc) is 2.97. The van der Waals surface area contributed by atoms with E-state index in [0.717, 1.165) is 38.6 Å². The van der Waals surface area contributed by atoms with Crippen molar-refractivity contribution >= 4 is 17.5 Å². The van der Waals surface area contributed by atoms with Gasteiger partial charge in [-0.3, -0.25) is 4.79 Å². The van der Waals surface area contributed by atoms with Gasteiger partial charge in [0.2, 0.25) is 5.91 Å². The van der Waals surface area contributed by atoms with Gasteiger partial charge in [-0.1, -0.05) is 19.8 Å². The third-order valence-corrected chi connectivity index (χ3v) is 4.86. The molecule has 2 rings (SSSR count). The minimum atomic E-state index is -0.0331. The van der Waals surface area contributed by atoms with Crippen molar-refractivity contribution in [2.75, 3.05) is 12.4 Å². The molecule has 0 aromatic carbocycles. The number of halogens is 1. The first-order valence-electron chi connectivity index (χ1n) is 6.60. The number of carbonyl (C=O) groups excluding carboxylic acids is 1. The van der Waals surface area contributed by atoms with E-state index in [4.69, 9.17) is 11.6 Å². The molecule has 2 nitrogen and oxygen atoms in total. The monoisotopic (exact) mass is 243 g/mol. The van der Waals surface area contributed by atoms with Crippen molar-refractivity contribution in [3.63, 3.8) is 0 Å². The second kappa shape index (κ2) is 4.95. The lowest BCUT2D eigenvalue weighted by atomic mass is 9.81. The molecule has 2 fully saturated rings. The molecule has 1 unspecified atom stereocenters. The number of rotatable bonds is 3. The van der Waals surface area contributed by atoms with Gasteiger partial charge < -0.3 is 4.90 Å². The predicted molar refractivity (Wildman–Crippen MR) is 66.6 cm³/mol. The number of hydrogen-bond acceptors (Lipinski definition) is 1. The molecule has 0 spiro atoms. The van der Waals surface area contributed by atoms with Crippen LogP contribution in [-0.4, -0.2) is 29.3 Å². The third-order valence-electron chi connectivity index (χ3n) is 4.51. The smallest absolute Gasteiger partial charge is 0.229 e. The third kappa shape index (κ3) is 1.97. The van der Waals surface area contributed by atoms with Crippen LogP contribution in [0.15, 0.2) is 0 Å². The van der Waals surface area contributed by atoms with Gasteiger partial charge in [0.05, 0.1) is 0 Å². The highest BCUT2D eigenvalue weighted by Crippen LogP contribution is 2.43. The molecular weight excluding hydrogens is 222 g/mol.